The first-order valence-electron chi connectivity index (χ1n) is 19.2. The molecule has 0 spiro atoms. The monoisotopic (exact) mass is 712 g/mol. The number of furan rings is 2. The fourth-order valence-corrected chi connectivity index (χ4v) is 9.25. The van der Waals surface area contributed by atoms with Crippen LogP contribution in [0.15, 0.2) is 203 Å². The second kappa shape index (κ2) is 12.0. The highest BCUT2D eigenvalue weighted by Crippen LogP contribution is 2.49. The quantitative estimate of drug-likeness (QED) is 0.170. The Bertz CT molecular complexity index is 3470. The van der Waals surface area contributed by atoms with Crippen molar-refractivity contribution in [1.82, 2.24) is 0 Å². The van der Waals surface area contributed by atoms with E-state index in [2.05, 4.69) is 176 Å². The summed E-state index contributed by atoms with van der Waals surface area (Å²) in [5, 5.41) is 11.8. The van der Waals surface area contributed by atoms with E-state index in [0.717, 1.165) is 66.1 Å². The summed E-state index contributed by atoms with van der Waals surface area (Å²) in [5.74, 6) is 0. The zero-order valence-corrected chi connectivity index (χ0v) is 30.3. The molecule has 0 unspecified atom stereocenters. The van der Waals surface area contributed by atoms with Crippen LogP contribution in [0.4, 0.5) is 0 Å². The highest BCUT2D eigenvalue weighted by Gasteiger charge is 2.22. The van der Waals surface area contributed by atoms with Gasteiger partial charge in [0.25, 0.3) is 0 Å². The van der Waals surface area contributed by atoms with E-state index in [1.54, 1.807) is 0 Å². The molecule has 0 radical (unpaired) electrons. The molecule has 0 N–H and O–H groups in total. The van der Waals surface area contributed by atoms with Crippen LogP contribution < -0.4 is 0 Å². The van der Waals surface area contributed by atoms with Crippen LogP contribution in [-0.4, -0.2) is 0 Å². The maximum atomic E-state index is 6.52. The fraction of sp³-hybridized carbons (Fsp3) is 0. The van der Waals surface area contributed by atoms with Crippen molar-refractivity contribution >= 4 is 76.2 Å². The van der Waals surface area contributed by atoms with Crippen molar-refractivity contribution in [3.63, 3.8) is 0 Å². The average Bonchev–Trinajstić information content (AvgIpc) is 3.83. The van der Waals surface area contributed by atoms with Gasteiger partial charge < -0.3 is 8.83 Å². The van der Waals surface area contributed by atoms with Crippen molar-refractivity contribution in [3.05, 3.63) is 194 Å². The van der Waals surface area contributed by atoms with Crippen LogP contribution in [-0.2, 0) is 0 Å². The van der Waals surface area contributed by atoms with Gasteiger partial charge in [0, 0.05) is 27.1 Å². The summed E-state index contributed by atoms with van der Waals surface area (Å²) in [6, 6.07) is 69.9. The number of hydrogen-bond donors (Lipinski definition) is 0. The molecule has 0 fully saturated rings. The Morgan fingerprint density at radius 3 is 1.54 bits per heavy atom. The van der Waals surface area contributed by atoms with Gasteiger partial charge in [-0.1, -0.05) is 152 Å². The SMILES string of the molecule is c1ccc(-c2c3ccccc3c(-c3cc(-c4ccc5oc6ccccc6c5c4-c4ccc5c(c4)oc4ccccc45)cc4ccccc34)c3ccccc23)cc1. The normalized spacial score (nSPS) is 11.9. The van der Waals surface area contributed by atoms with Crippen molar-refractivity contribution in [2.45, 2.75) is 0 Å². The summed E-state index contributed by atoms with van der Waals surface area (Å²) in [4.78, 5) is 0. The second-order valence-corrected chi connectivity index (χ2v) is 14.7. The standard InChI is InChI=1S/C54H32O2/c1-2-14-33(15-3-1)51-41-19-6-8-21-43(41)53(44-22-9-7-20-42(44)51)46-31-36(30-34-16-4-5-17-37(34)46)38-28-29-49-54(45-23-11-13-25-48(45)55-49)52(38)35-26-27-40-39-18-10-12-24-47(39)56-50(40)32-35/h1-32H. The molecule has 0 aliphatic rings. The van der Waals surface area contributed by atoms with E-state index in [1.165, 1.54) is 54.6 Å². The molecule has 2 heteroatoms. The molecule has 260 valence electrons. The van der Waals surface area contributed by atoms with E-state index in [4.69, 9.17) is 8.83 Å². The Morgan fingerprint density at radius 2 is 0.804 bits per heavy atom. The Balaban J connectivity index is 1.19. The molecule has 0 bridgehead atoms. The van der Waals surface area contributed by atoms with Crippen LogP contribution in [0, 0.1) is 0 Å². The molecule has 0 atom stereocenters. The molecule has 0 amide bonds. The average molecular weight is 713 g/mol. The van der Waals surface area contributed by atoms with Crippen molar-refractivity contribution in [2.75, 3.05) is 0 Å². The molecule has 2 aromatic heterocycles. The lowest BCUT2D eigenvalue weighted by Gasteiger charge is -2.20. The molecular formula is C54H32O2. The topological polar surface area (TPSA) is 26.3 Å². The zero-order valence-electron chi connectivity index (χ0n) is 30.3. The molecule has 0 aliphatic carbocycles. The van der Waals surface area contributed by atoms with Crippen molar-refractivity contribution < 1.29 is 8.83 Å². The summed E-state index contributed by atoms with van der Waals surface area (Å²) in [5.41, 5.74) is 12.9. The van der Waals surface area contributed by atoms with Crippen LogP contribution in [0.5, 0.6) is 0 Å². The minimum Gasteiger partial charge on any atom is -0.456 e. The molecule has 12 rings (SSSR count). The summed E-state index contributed by atoms with van der Waals surface area (Å²) in [6.07, 6.45) is 0. The van der Waals surface area contributed by atoms with E-state index in [9.17, 15) is 0 Å². The number of rotatable bonds is 4. The minimum atomic E-state index is 0.865. The Labute approximate surface area is 322 Å². The van der Waals surface area contributed by atoms with Gasteiger partial charge in [-0.25, -0.2) is 0 Å². The van der Waals surface area contributed by atoms with Gasteiger partial charge in [0.2, 0.25) is 0 Å². The minimum absolute atomic E-state index is 0.865. The molecule has 2 heterocycles. The third kappa shape index (κ3) is 4.57. The highest BCUT2D eigenvalue weighted by atomic mass is 16.3. The predicted molar refractivity (Wildman–Crippen MR) is 235 cm³/mol. The molecule has 2 nitrogen and oxygen atoms in total. The largest absolute Gasteiger partial charge is 0.456 e. The van der Waals surface area contributed by atoms with E-state index < -0.39 is 0 Å². The molecule has 0 aliphatic heterocycles. The van der Waals surface area contributed by atoms with Gasteiger partial charge in [0.15, 0.2) is 0 Å². The number of hydrogen-bond acceptors (Lipinski definition) is 2. The van der Waals surface area contributed by atoms with E-state index in [0.29, 0.717) is 0 Å². The summed E-state index contributed by atoms with van der Waals surface area (Å²) < 4.78 is 13.0. The lowest BCUT2D eigenvalue weighted by Crippen LogP contribution is -1.93. The highest BCUT2D eigenvalue weighted by molar-refractivity contribution is 6.24. The first kappa shape index (κ1) is 31.0. The molecular weight excluding hydrogens is 681 g/mol. The van der Waals surface area contributed by atoms with Gasteiger partial charge in [-0.15, -0.1) is 0 Å². The molecule has 10 aromatic carbocycles. The van der Waals surface area contributed by atoms with Gasteiger partial charge in [0.05, 0.1) is 0 Å². The third-order valence-electron chi connectivity index (χ3n) is 11.6. The fourth-order valence-electron chi connectivity index (χ4n) is 9.25. The van der Waals surface area contributed by atoms with Crippen LogP contribution >= 0.6 is 0 Å². The van der Waals surface area contributed by atoms with Crippen LogP contribution in [0.1, 0.15) is 0 Å². The summed E-state index contributed by atoms with van der Waals surface area (Å²) in [6.45, 7) is 0. The van der Waals surface area contributed by atoms with Crippen LogP contribution in [0.25, 0.3) is 121 Å². The van der Waals surface area contributed by atoms with Crippen molar-refractivity contribution in [3.8, 4) is 44.5 Å². The summed E-state index contributed by atoms with van der Waals surface area (Å²) in [7, 11) is 0. The maximum Gasteiger partial charge on any atom is 0.136 e. The van der Waals surface area contributed by atoms with Gasteiger partial charge in [-0.3, -0.25) is 0 Å². The maximum absolute atomic E-state index is 6.52. The lowest BCUT2D eigenvalue weighted by molar-refractivity contribution is 0.668. The first-order valence-corrected chi connectivity index (χ1v) is 19.2. The van der Waals surface area contributed by atoms with Gasteiger partial charge >= 0.3 is 0 Å². The van der Waals surface area contributed by atoms with Crippen molar-refractivity contribution in [2.24, 2.45) is 0 Å². The predicted octanol–water partition coefficient (Wildman–Crippen LogP) is 15.6. The first-order chi connectivity index (χ1) is 27.8. The smallest absolute Gasteiger partial charge is 0.136 e. The number of para-hydroxylation sites is 2. The van der Waals surface area contributed by atoms with Gasteiger partial charge in [-0.05, 0) is 114 Å². The van der Waals surface area contributed by atoms with Crippen LogP contribution in [0.2, 0.25) is 0 Å². The summed E-state index contributed by atoms with van der Waals surface area (Å²) >= 11 is 0. The zero-order chi connectivity index (χ0) is 36.7. The molecule has 0 saturated carbocycles. The third-order valence-corrected chi connectivity index (χ3v) is 11.6. The molecule has 0 saturated heterocycles. The van der Waals surface area contributed by atoms with Gasteiger partial charge in [-0.2, -0.15) is 0 Å². The number of benzene rings is 10. The number of fused-ring (bicyclic) bond motifs is 9. The molecule has 56 heavy (non-hydrogen) atoms. The van der Waals surface area contributed by atoms with E-state index in [-0.39, 0.29) is 0 Å². The Morgan fingerprint density at radius 1 is 0.250 bits per heavy atom. The van der Waals surface area contributed by atoms with E-state index >= 15 is 0 Å². The second-order valence-electron chi connectivity index (χ2n) is 14.7. The van der Waals surface area contributed by atoms with Crippen molar-refractivity contribution in [1.29, 1.82) is 0 Å². The lowest BCUT2D eigenvalue weighted by atomic mass is 9.83. The molecule has 12 aromatic rings. The Hall–Kier alpha value is -7.42. The van der Waals surface area contributed by atoms with E-state index in [1.807, 2.05) is 18.2 Å². The Kier molecular flexibility index (Phi) is 6.66. The van der Waals surface area contributed by atoms with Gasteiger partial charge in [0.1, 0.15) is 22.3 Å². The van der Waals surface area contributed by atoms with Crippen LogP contribution in [0.3, 0.4) is 0 Å².